The van der Waals surface area contributed by atoms with Crippen molar-refractivity contribution in [1.29, 1.82) is 0 Å². The predicted octanol–water partition coefficient (Wildman–Crippen LogP) is 3.66. The number of likely N-dealkylation sites (tertiary alicyclic amines) is 1. The first-order valence-electron chi connectivity index (χ1n) is 10.3. The van der Waals surface area contributed by atoms with Gasteiger partial charge in [-0.1, -0.05) is 19.3 Å². The fraction of sp³-hybridized carbons (Fsp3) is 0.619. The van der Waals surface area contributed by atoms with Gasteiger partial charge in [0.25, 0.3) is 0 Å². The lowest BCUT2D eigenvalue weighted by atomic mass is 9.95. The number of nitrogens with zero attached hydrogens (tertiary/aromatic N) is 1. The minimum Gasteiger partial charge on any atom is -0.330 e. The molecule has 29 heavy (non-hydrogen) atoms. The summed E-state index contributed by atoms with van der Waals surface area (Å²) in [5.74, 6) is 0.386. The number of carbonyl (C=O) groups excluding carboxylic acids is 2. The number of rotatable bonds is 6. The lowest BCUT2D eigenvalue weighted by molar-refractivity contribution is -0.120. The molecular formula is C21H34Cl2N4O2. The fourth-order valence-electron chi connectivity index (χ4n) is 4.23. The molecule has 4 N–H and O–H groups in total. The second-order valence-corrected chi connectivity index (χ2v) is 7.84. The highest BCUT2D eigenvalue weighted by Gasteiger charge is 2.31. The Bertz CT molecular complexity index is 634. The van der Waals surface area contributed by atoms with Crippen LogP contribution in [0.1, 0.15) is 44.9 Å². The summed E-state index contributed by atoms with van der Waals surface area (Å²) in [6.07, 6.45) is 7.90. The molecule has 0 radical (unpaired) electrons. The molecule has 1 saturated heterocycles. The Morgan fingerprint density at radius 3 is 2.07 bits per heavy atom. The molecule has 3 rings (SSSR count). The van der Waals surface area contributed by atoms with Crippen molar-refractivity contribution in [2.45, 2.75) is 44.9 Å². The second kappa shape index (κ2) is 13.1. The third kappa shape index (κ3) is 7.78. The summed E-state index contributed by atoms with van der Waals surface area (Å²) in [4.78, 5) is 26.9. The predicted molar refractivity (Wildman–Crippen MR) is 123 cm³/mol. The molecule has 1 heterocycles. The van der Waals surface area contributed by atoms with E-state index in [9.17, 15) is 9.59 Å². The van der Waals surface area contributed by atoms with Crippen LogP contribution in [0.15, 0.2) is 24.3 Å². The number of benzene rings is 1. The number of amides is 2. The molecule has 0 unspecified atom stereocenters. The van der Waals surface area contributed by atoms with E-state index in [2.05, 4.69) is 15.5 Å². The van der Waals surface area contributed by atoms with Crippen LogP contribution in [-0.4, -0.2) is 42.9 Å². The zero-order valence-corrected chi connectivity index (χ0v) is 18.5. The molecule has 2 atom stereocenters. The first-order chi connectivity index (χ1) is 13.2. The molecule has 1 aromatic rings. The number of hydrogen-bond acceptors (Lipinski definition) is 4. The fourth-order valence-corrected chi connectivity index (χ4v) is 4.23. The Kier molecular flexibility index (Phi) is 11.6. The van der Waals surface area contributed by atoms with Gasteiger partial charge in [-0.25, -0.2) is 0 Å². The number of hydrogen-bond donors (Lipinski definition) is 3. The molecule has 164 valence electrons. The quantitative estimate of drug-likeness (QED) is 0.624. The van der Waals surface area contributed by atoms with Gasteiger partial charge in [0, 0.05) is 17.3 Å². The highest BCUT2D eigenvalue weighted by molar-refractivity contribution is 5.94. The Morgan fingerprint density at radius 2 is 1.48 bits per heavy atom. The van der Waals surface area contributed by atoms with Gasteiger partial charge in [-0.3, -0.25) is 14.5 Å². The van der Waals surface area contributed by atoms with Crippen LogP contribution >= 0.6 is 24.8 Å². The number of nitrogens with one attached hydrogen (secondary N) is 2. The van der Waals surface area contributed by atoms with E-state index in [1.165, 1.54) is 25.7 Å². The van der Waals surface area contributed by atoms with Gasteiger partial charge in [-0.05, 0) is 75.5 Å². The van der Waals surface area contributed by atoms with Gasteiger partial charge in [0.05, 0.1) is 6.54 Å². The van der Waals surface area contributed by atoms with Gasteiger partial charge in [-0.2, -0.15) is 0 Å². The molecular weight excluding hydrogens is 411 g/mol. The standard InChI is InChI=1S/C21H32N4O2.2ClH/c22-14-16-6-5-7-19(16)21(27)24-18-10-8-17(9-11-18)23-20(26)15-25-12-3-1-2-4-13-25;;/h8-11,16,19H,1-7,12-15,22H2,(H,23,26)(H,24,27);2*1H/t16-,19-;;/m1../s1. The summed E-state index contributed by atoms with van der Waals surface area (Å²) in [5.41, 5.74) is 7.29. The summed E-state index contributed by atoms with van der Waals surface area (Å²) in [7, 11) is 0. The maximum Gasteiger partial charge on any atom is 0.238 e. The largest absolute Gasteiger partial charge is 0.330 e. The van der Waals surface area contributed by atoms with Gasteiger partial charge in [0.2, 0.25) is 11.8 Å². The van der Waals surface area contributed by atoms with Gasteiger partial charge in [0.1, 0.15) is 0 Å². The number of halogens is 2. The lowest BCUT2D eigenvalue weighted by Crippen LogP contribution is -2.33. The molecule has 6 nitrogen and oxygen atoms in total. The third-order valence-corrected chi connectivity index (χ3v) is 5.80. The average Bonchev–Trinajstić information content (AvgIpc) is 3.01. The molecule has 1 saturated carbocycles. The lowest BCUT2D eigenvalue weighted by Gasteiger charge is -2.19. The van der Waals surface area contributed by atoms with E-state index in [1.54, 1.807) is 0 Å². The molecule has 0 spiro atoms. The van der Waals surface area contributed by atoms with Crippen molar-refractivity contribution < 1.29 is 9.59 Å². The van der Waals surface area contributed by atoms with Crippen molar-refractivity contribution in [3.63, 3.8) is 0 Å². The van der Waals surface area contributed by atoms with Crippen molar-refractivity contribution in [3.8, 4) is 0 Å². The molecule has 1 aromatic carbocycles. The van der Waals surface area contributed by atoms with E-state index in [0.29, 0.717) is 19.0 Å². The molecule has 1 aliphatic heterocycles. The van der Waals surface area contributed by atoms with E-state index in [1.807, 2.05) is 24.3 Å². The van der Waals surface area contributed by atoms with E-state index < -0.39 is 0 Å². The highest BCUT2D eigenvalue weighted by atomic mass is 35.5. The van der Waals surface area contributed by atoms with Crippen LogP contribution in [0.2, 0.25) is 0 Å². The maximum atomic E-state index is 12.5. The third-order valence-electron chi connectivity index (χ3n) is 5.80. The van der Waals surface area contributed by atoms with Crippen LogP contribution in [0.4, 0.5) is 11.4 Å². The molecule has 2 aliphatic rings. The summed E-state index contributed by atoms with van der Waals surface area (Å²) in [6, 6.07) is 7.35. The summed E-state index contributed by atoms with van der Waals surface area (Å²) < 4.78 is 0. The van der Waals surface area contributed by atoms with Crippen LogP contribution < -0.4 is 16.4 Å². The van der Waals surface area contributed by atoms with Crippen molar-refractivity contribution in [1.82, 2.24) is 4.90 Å². The topological polar surface area (TPSA) is 87.5 Å². The molecule has 0 bridgehead atoms. The van der Waals surface area contributed by atoms with Crippen molar-refractivity contribution in [2.75, 3.05) is 36.8 Å². The summed E-state index contributed by atoms with van der Waals surface area (Å²) in [6.45, 7) is 3.02. The van der Waals surface area contributed by atoms with Crippen LogP contribution in [-0.2, 0) is 9.59 Å². The molecule has 8 heteroatoms. The van der Waals surface area contributed by atoms with Crippen LogP contribution in [0.3, 0.4) is 0 Å². The molecule has 1 aliphatic carbocycles. The van der Waals surface area contributed by atoms with Gasteiger partial charge in [0.15, 0.2) is 0 Å². The first kappa shape index (κ1) is 25.7. The van der Waals surface area contributed by atoms with E-state index in [4.69, 9.17) is 5.73 Å². The number of nitrogens with two attached hydrogens (primary N) is 1. The minimum atomic E-state index is 0. The van der Waals surface area contributed by atoms with E-state index in [-0.39, 0.29) is 42.5 Å². The van der Waals surface area contributed by atoms with Crippen LogP contribution in [0.5, 0.6) is 0 Å². The first-order valence-corrected chi connectivity index (χ1v) is 10.3. The van der Waals surface area contributed by atoms with Crippen LogP contribution in [0.25, 0.3) is 0 Å². The number of carbonyl (C=O) groups is 2. The van der Waals surface area contributed by atoms with E-state index >= 15 is 0 Å². The second-order valence-electron chi connectivity index (χ2n) is 7.84. The average molecular weight is 445 g/mol. The Labute approximate surface area is 186 Å². The highest BCUT2D eigenvalue weighted by Crippen LogP contribution is 2.32. The molecule has 2 fully saturated rings. The van der Waals surface area contributed by atoms with Crippen molar-refractivity contribution in [2.24, 2.45) is 17.6 Å². The van der Waals surface area contributed by atoms with Crippen LogP contribution in [0, 0.1) is 11.8 Å². The molecule has 0 aromatic heterocycles. The van der Waals surface area contributed by atoms with E-state index in [0.717, 1.165) is 43.7 Å². The Balaban J connectivity index is 0.00000210. The Hall–Kier alpha value is -1.34. The summed E-state index contributed by atoms with van der Waals surface area (Å²) in [5, 5.41) is 5.94. The maximum absolute atomic E-state index is 12.5. The normalized spacial score (nSPS) is 22.0. The van der Waals surface area contributed by atoms with Gasteiger partial charge in [-0.15, -0.1) is 24.8 Å². The Morgan fingerprint density at radius 1 is 0.897 bits per heavy atom. The van der Waals surface area contributed by atoms with Gasteiger partial charge >= 0.3 is 0 Å². The van der Waals surface area contributed by atoms with Crippen molar-refractivity contribution >= 4 is 48.0 Å². The smallest absolute Gasteiger partial charge is 0.238 e. The SMILES string of the molecule is Cl.Cl.NC[C@H]1CCC[C@H]1C(=O)Nc1ccc(NC(=O)CN2CCCCCC2)cc1. The monoisotopic (exact) mass is 444 g/mol. The minimum absolute atomic E-state index is 0. The number of anilines is 2. The van der Waals surface area contributed by atoms with Gasteiger partial charge < -0.3 is 16.4 Å². The zero-order valence-electron chi connectivity index (χ0n) is 16.9. The van der Waals surface area contributed by atoms with Crippen molar-refractivity contribution in [3.05, 3.63) is 24.3 Å². The summed E-state index contributed by atoms with van der Waals surface area (Å²) >= 11 is 0. The molecule has 2 amide bonds. The zero-order chi connectivity index (χ0) is 19.1.